The van der Waals surface area contributed by atoms with Gasteiger partial charge in [0, 0.05) is 31.2 Å². The van der Waals surface area contributed by atoms with Crippen LogP contribution in [0.3, 0.4) is 0 Å². The number of primary amides is 1. The van der Waals surface area contributed by atoms with Crippen LogP contribution in [0.15, 0.2) is 48.7 Å². The van der Waals surface area contributed by atoms with Crippen LogP contribution in [0.2, 0.25) is 5.02 Å². The number of pyridine rings is 1. The van der Waals surface area contributed by atoms with Crippen LogP contribution in [-0.4, -0.2) is 35.4 Å². The highest BCUT2D eigenvalue weighted by Gasteiger charge is 2.24. The minimum Gasteiger partial charge on any atom is -0.352 e. The van der Waals surface area contributed by atoms with Crippen LogP contribution in [0.4, 0.5) is 4.79 Å². The van der Waals surface area contributed by atoms with Gasteiger partial charge < -0.3 is 16.0 Å². The van der Waals surface area contributed by atoms with Gasteiger partial charge in [0.25, 0.3) is 0 Å². The summed E-state index contributed by atoms with van der Waals surface area (Å²) in [5.74, 6) is -0.130. The first-order valence-electron chi connectivity index (χ1n) is 7.44. The fourth-order valence-corrected chi connectivity index (χ4v) is 2.51. The van der Waals surface area contributed by atoms with Gasteiger partial charge in [-0.1, -0.05) is 29.8 Å². The Morgan fingerprint density at radius 1 is 1.25 bits per heavy atom. The van der Waals surface area contributed by atoms with Gasteiger partial charge in [0.1, 0.15) is 0 Å². The van der Waals surface area contributed by atoms with E-state index in [9.17, 15) is 9.59 Å². The summed E-state index contributed by atoms with van der Waals surface area (Å²) < 4.78 is 0. The molecule has 1 atom stereocenters. The van der Waals surface area contributed by atoms with Crippen LogP contribution in [0, 0.1) is 0 Å². The van der Waals surface area contributed by atoms with E-state index in [0.717, 1.165) is 11.3 Å². The lowest BCUT2D eigenvalue weighted by Crippen LogP contribution is -2.36. The van der Waals surface area contributed by atoms with E-state index in [1.54, 1.807) is 30.3 Å². The molecule has 2 aromatic rings. The second-order valence-corrected chi connectivity index (χ2v) is 5.69. The van der Waals surface area contributed by atoms with Crippen molar-refractivity contribution in [2.75, 3.05) is 13.6 Å². The zero-order valence-corrected chi connectivity index (χ0v) is 14.0. The molecule has 0 fully saturated rings. The van der Waals surface area contributed by atoms with Crippen LogP contribution < -0.4 is 11.1 Å². The van der Waals surface area contributed by atoms with Crippen molar-refractivity contribution in [2.24, 2.45) is 5.73 Å². The van der Waals surface area contributed by atoms with Crippen LogP contribution in [0.5, 0.6) is 0 Å². The van der Waals surface area contributed by atoms with Crippen molar-refractivity contribution in [3.05, 3.63) is 64.9 Å². The summed E-state index contributed by atoms with van der Waals surface area (Å²) in [6.07, 6.45) is 1.83. The highest BCUT2D eigenvalue weighted by Crippen LogP contribution is 2.27. The topological polar surface area (TPSA) is 88.3 Å². The number of carbonyl (C=O) groups excluding carboxylic acids is 2. The van der Waals surface area contributed by atoms with Gasteiger partial charge >= 0.3 is 6.03 Å². The molecule has 0 aliphatic rings. The minimum absolute atomic E-state index is 0.130. The standard InChI is InChI=1S/C17H19ClN4O2/c1-22(15(23)9-11-21-17(19)24)16(14-4-2-3-10-20-14)12-5-7-13(18)8-6-12/h2-8,10,16H,9,11H2,1H3,(H3,19,21,24)/t16-/m0/s1. The molecule has 1 aromatic carbocycles. The molecule has 0 radical (unpaired) electrons. The van der Waals surface area contributed by atoms with Gasteiger partial charge in [0.15, 0.2) is 0 Å². The molecule has 0 aliphatic heterocycles. The van der Waals surface area contributed by atoms with Gasteiger partial charge in [0.05, 0.1) is 11.7 Å². The molecule has 2 rings (SSSR count). The molecular weight excluding hydrogens is 328 g/mol. The van der Waals surface area contributed by atoms with Gasteiger partial charge in [-0.25, -0.2) is 4.79 Å². The molecule has 3 amide bonds. The van der Waals surface area contributed by atoms with E-state index in [4.69, 9.17) is 17.3 Å². The Balaban J connectivity index is 2.23. The predicted octanol–water partition coefficient (Wildman–Crippen LogP) is 2.34. The van der Waals surface area contributed by atoms with Crippen molar-refractivity contribution >= 4 is 23.5 Å². The van der Waals surface area contributed by atoms with Crippen LogP contribution in [0.25, 0.3) is 0 Å². The maximum Gasteiger partial charge on any atom is 0.312 e. The van der Waals surface area contributed by atoms with Gasteiger partial charge in [-0.2, -0.15) is 0 Å². The van der Waals surface area contributed by atoms with Crippen molar-refractivity contribution in [2.45, 2.75) is 12.5 Å². The van der Waals surface area contributed by atoms with Crippen molar-refractivity contribution in [3.63, 3.8) is 0 Å². The monoisotopic (exact) mass is 346 g/mol. The average molecular weight is 347 g/mol. The van der Waals surface area contributed by atoms with E-state index in [-0.39, 0.29) is 24.9 Å². The second kappa shape index (κ2) is 8.31. The van der Waals surface area contributed by atoms with E-state index in [1.165, 1.54) is 0 Å². The number of hydrogen-bond donors (Lipinski definition) is 2. The molecule has 1 heterocycles. The van der Waals surface area contributed by atoms with Crippen molar-refractivity contribution in [1.29, 1.82) is 0 Å². The first-order chi connectivity index (χ1) is 11.5. The summed E-state index contributed by atoms with van der Waals surface area (Å²) in [6.45, 7) is 0.189. The molecule has 3 N–H and O–H groups in total. The maximum absolute atomic E-state index is 12.5. The van der Waals surface area contributed by atoms with E-state index in [0.29, 0.717) is 5.02 Å². The quantitative estimate of drug-likeness (QED) is 0.841. The molecule has 0 unspecified atom stereocenters. The van der Waals surface area contributed by atoms with Crippen LogP contribution >= 0.6 is 11.6 Å². The Hall–Kier alpha value is -2.60. The third kappa shape index (κ3) is 4.70. The Labute approximate surface area is 145 Å². The van der Waals surface area contributed by atoms with Gasteiger partial charge in [0.2, 0.25) is 5.91 Å². The molecule has 0 aliphatic carbocycles. The molecule has 24 heavy (non-hydrogen) atoms. The highest BCUT2D eigenvalue weighted by molar-refractivity contribution is 6.30. The summed E-state index contributed by atoms with van der Waals surface area (Å²) in [5, 5.41) is 3.04. The molecule has 126 valence electrons. The van der Waals surface area contributed by atoms with Crippen LogP contribution in [-0.2, 0) is 4.79 Å². The van der Waals surface area contributed by atoms with Crippen molar-refractivity contribution in [1.82, 2.24) is 15.2 Å². The number of urea groups is 1. The first-order valence-corrected chi connectivity index (χ1v) is 7.82. The largest absolute Gasteiger partial charge is 0.352 e. The van der Waals surface area contributed by atoms with Crippen LogP contribution in [0.1, 0.15) is 23.7 Å². The van der Waals surface area contributed by atoms with E-state index >= 15 is 0 Å². The third-order valence-corrected chi connectivity index (χ3v) is 3.82. The summed E-state index contributed by atoms with van der Waals surface area (Å²) in [6, 6.07) is 11.9. The number of aromatic nitrogens is 1. The van der Waals surface area contributed by atoms with Gasteiger partial charge in [-0.05, 0) is 29.8 Å². The molecule has 0 bridgehead atoms. The Morgan fingerprint density at radius 3 is 2.54 bits per heavy atom. The fourth-order valence-electron chi connectivity index (χ4n) is 2.39. The minimum atomic E-state index is -0.649. The lowest BCUT2D eigenvalue weighted by Gasteiger charge is -2.28. The molecule has 0 saturated carbocycles. The second-order valence-electron chi connectivity index (χ2n) is 5.25. The number of hydrogen-bond acceptors (Lipinski definition) is 3. The van der Waals surface area contributed by atoms with Crippen molar-refractivity contribution < 1.29 is 9.59 Å². The van der Waals surface area contributed by atoms with E-state index < -0.39 is 6.03 Å². The third-order valence-electron chi connectivity index (χ3n) is 3.57. The summed E-state index contributed by atoms with van der Waals surface area (Å²) in [4.78, 5) is 29.2. The normalized spacial score (nSPS) is 11.6. The Bertz CT molecular complexity index is 691. The summed E-state index contributed by atoms with van der Waals surface area (Å²) in [5.41, 5.74) is 6.66. The van der Waals surface area contributed by atoms with Crippen molar-refractivity contribution in [3.8, 4) is 0 Å². The maximum atomic E-state index is 12.5. The lowest BCUT2D eigenvalue weighted by molar-refractivity contribution is -0.131. The molecular formula is C17H19ClN4O2. The number of nitrogens with two attached hydrogens (primary N) is 1. The number of halogens is 1. The number of amides is 3. The molecule has 7 heteroatoms. The smallest absolute Gasteiger partial charge is 0.312 e. The molecule has 1 aromatic heterocycles. The molecule has 6 nitrogen and oxygen atoms in total. The number of nitrogens with zero attached hydrogens (tertiary/aromatic N) is 2. The Kier molecular flexibility index (Phi) is 6.14. The van der Waals surface area contributed by atoms with Gasteiger partial charge in [-0.3, -0.25) is 9.78 Å². The summed E-state index contributed by atoms with van der Waals surface area (Å²) >= 11 is 5.95. The highest BCUT2D eigenvalue weighted by atomic mass is 35.5. The Morgan fingerprint density at radius 2 is 1.96 bits per heavy atom. The zero-order chi connectivity index (χ0) is 17.5. The number of carbonyl (C=O) groups is 2. The zero-order valence-electron chi connectivity index (χ0n) is 13.3. The predicted molar refractivity (Wildman–Crippen MR) is 92.5 cm³/mol. The fraction of sp³-hybridized carbons (Fsp3) is 0.235. The molecule has 0 spiro atoms. The lowest BCUT2D eigenvalue weighted by atomic mass is 10.0. The number of rotatable bonds is 6. The SMILES string of the molecule is CN(C(=O)CCNC(N)=O)[C@@H](c1ccc(Cl)cc1)c1ccccn1. The van der Waals surface area contributed by atoms with E-state index in [2.05, 4.69) is 10.3 Å². The molecule has 0 saturated heterocycles. The average Bonchev–Trinajstić information content (AvgIpc) is 2.57. The van der Waals surface area contributed by atoms with Gasteiger partial charge in [-0.15, -0.1) is 0 Å². The first kappa shape index (κ1) is 17.7. The summed E-state index contributed by atoms with van der Waals surface area (Å²) in [7, 11) is 1.71. The van der Waals surface area contributed by atoms with E-state index in [1.807, 2.05) is 30.3 Å². The number of nitrogens with one attached hydrogen (secondary N) is 1. The number of benzene rings is 1.